The molecule has 0 aliphatic carbocycles. The smallest absolute Gasteiger partial charge is 0.240 e. The molecule has 0 aromatic heterocycles. The molecule has 0 unspecified atom stereocenters. The van der Waals surface area contributed by atoms with Crippen LogP contribution < -0.4 is 10.5 Å². The molecule has 8 heteroatoms. The highest BCUT2D eigenvalue weighted by Gasteiger charge is 2.31. The molecule has 1 aromatic carbocycles. The maximum Gasteiger partial charge on any atom is 0.240 e. The molecule has 1 aromatic rings. The number of sulfone groups is 1. The summed E-state index contributed by atoms with van der Waals surface area (Å²) in [5.41, 5.74) is 5.93. The Morgan fingerprint density at radius 3 is 2.00 bits per heavy atom. The molecule has 0 atom stereocenters. The lowest BCUT2D eigenvalue weighted by Gasteiger charge is -2.22. The third-order valence-corrected chi connectivity index (χ3v) is 6.45. The molecular weight excluding hydrogens is 288 g/mol. The van der Waals surface area contributed by atoms with Gasteiger partial charge in [-0.1, -0.05) is 0 Å². The third-order valence-electron chi connectivity index (χ3n) is 2.88. The molecule has 6 nitrogen and oxygen atoms in total. The van der Waals surface area contributed by atoms with Crippen molar-refractivity contribution in [3.05, 3.63) is 24.3 Å². The third kappa shape index (κ3) is 3.92. The van der Waals surface area contributed by atoms with Gasteiger partial charge in [0.25, 0.3) is 0 Å². The number of rotatable bonds is 5. The molecule has 0 saturated heterocycles. The van der Waals surface area contributed by atoms with Crippen LogP contribution in [-0.4, -0.2) is 34.4 Å². The fourth-order valence-corrected chi connectivity index (χ4v) is 2.77. The maximum absolute atomic E-state index is 12.0. The van der Waals surface area contributed by atoms with Crippen LogP contribution >= 0.6 is 0 Å². The minimum Gasteiger partial charge on any atom is -0.399 e. The van der Waals surface area contributed by atoms with Crippen molar-refractivity contribution in [2.45, 2.75) is 23.5 Å². The van der Waals surface area contributed by atoms with Crippen LogP contribution in [0.15, 0.2) is 29.2 Å². The lowest BCUT2D eigenvalue weighted by molar-refractivity contribution is 0.537. The average Bonchev–Trinajstić information content (AvgIpc) is 2.26. The van der Waals surface area contributed by atoms with Crippen molar-refractivity contribution in [3.63, 3.8) is 0 Å². The maximum atomic E-state index is 12.0. The van der Waals surface area contributed by atoms with Crippen molar-refractivity contribution >= 4 is 25.5 Å². The molecule has 3 N–H and O–H groups in total. The molecule has 0 amide bonds. The van der Waals surface area contributed by atoms with Gasteiger partial charge < -0.3 is 5.73 Å². The highest BCUT2D eigenvalue weighted by atomic mass is 32.2. The molecule has 0 radical (unpaired) electrons. The van der Waals surface area contributed by atoms with E-state index in [0.717, 1.165) is 6.26 Å². The molecule has 0 fully saturated rings. The lowest BCUT2D eigenvalue weighted by Crippen LogP contribution is -2.43. The second-order valence-electron chi connectivity index (χ2n) is 4.93. The lowest BCUT2D eigenvalue weighted by atomic mass is 10.2. The fourth-order valence-electron chi connectivity index (χ4n) is 1.13. The molecule has 0 aliphatic heterocycles. The van der Waals surface area contributed by atoms with Crippen molar-refractivity contribution in [1.82, 2.24) is 4.72 Å². The molecule has 1 rings (SSSR count). The van der Waals surface area contributed by atoms with E-state index in [9.17, 15) is 16.8 Å². The van der Waals surface area contributed by atoms with Crippen molar-refractivity contribution in [3.8, 4) is 0 Å². The van der Waals surface area contributed by atoms with Gasteiger partial charge in [0, 0.05) is 18.5 Å². The van der Waals surface area contributed by atoms with Gasteiger partial charge in [0.2, 0.25) is 10.0 Å². The second-order valence-corrected chi connectivity index (χ2v) is 9.34. The van der Waals surface area contributed by atoms with E-state index in [0.29, 0.717) is 5.69 Å². The van der Waals surface area contributed by atoms with Crippen LogP contribution in [0.4, 0.5) is 5.69 Å². The quantitative estimate of drug-likeness (QED) is 0.764. The van der Waals surface area contributed by atoms with Crippen LogP contribution in [0.5, 0.6) is 0 Å². The summed E-state index contributed by atoms with van der Waals surface area (Å²) in [5, 5.41) is 0. The van der Waals surface area contributed by atoms with E-state index >= 15 is 0 Å². The van der Waals surface area contributed by atoms with Gasteiger partial charge >= 0.3 is 0 Å². The van der Waals surface area contributed by atoms with Gasteiger partial charge in [-0.3, -0.25) is 0 Å². The highest BCUT2D eigenvalue weighted by Crippen LogP contribution is 2.16. The summed E-state index contributed by atoms with van der Waals surface area (Å²) in [4.78, 5) is 0.0472. The first-order valence-corrected chi connectivity index (χ1v) is 8.88. The first kappa shape index (κ1) is 15.9. The summed E-state index contributed by atoms with van der Waals surface area (Å²) in [6, 6.07) is 5.67. The first-order valence-electron chi connectivity index (χ1n) is 5.50. The topological polar surface area (TPSA) is 106 Å². The Bertz CT molecular complexity index is 646. The van der Waals surface area contributed by atoms with Crippen LogP contribution in [0.25, 0.3) is 0 Å². The van der Waals surface area contributed by atoms with E-state index in [1.54, 1.807) is 0 Å². The van der Waals surface area contributed by atoms with Crippen molar-refractivity contribution in [2.24, 2.45) is 0 Å². The Balaban J connectivity index is 2.91. The molecule has 0 spiro atoms. The Morgan fingerprint density at radius 2 is 1.58 bits per heavy atom. The van der Waals surface area contributed by atoms with Gasteiger partial charge in [-0.2, -0.15) is 0 Å². The van der Waals surface area contributed by atoms with Crippen LogP contribution in [0.3, 0.4) is 0 Å². The number of hydrogen-bond acceptors (Lipinski definition) is 5. The zero-order valence-electron chi connectivity index (χ0n) is 11.0. The molecule has 0 heterocycles. The standard InChI is InChI=1S/C11H18N2O4S2/c1-11(2,18(3,14)15)8-13-19(16,17)10-6-4-9(12)5-7-10/h4-7,13H,8,12H2,1-3H3. The minimum atomic E-state index is -3.74. The zero-order valence-corrected chi connectivity index (χ0v) is 12.7. The SMILES string of the molecule is CC(C)(CNS(=O)(=O)c1ccc(N)cc1)S(C)(=O)=O. The molecule has 108 valence electrons. The fraction of sp³-hybridized carbons (Fsp3) is 0.455. The van der Waals surface area contributed by atoms with Crippen LogP contribution in [-0.2, 0) is 19.9 Å². The zero-order chi connectivity index (χ0) is 14.9. The monoisotopic (exact) mass is 306 g/mol. The van der Waals surface area contributed by atoms with Crippen LogP contribution in [0, 0.1) is 0 Å². The number of anilines is 1. The van der Waals surface area contributed by atoms with E-state index in [1.165, 1.54) is 38.1 Å². The molecular formula is C11H18N2O4S2. The molecule has 0 bridgehead atoms. The van der Waals surface area contributed by atoms with E-state index in [-0.39, 0.29) is 11.4 Å². The Labute approximate surface area is 114 Å². The van der Waals surface area contributed by atoms with Gasteiger partial charge in [0.15, 0.2) is 9.84 Å². The van der Waals surface area contributed by atoms with E-state index in [1.807, 2.05) is 0 Å². The minimum absolute atomic E-state index is 0.0472. The van der Waals surface area contributed by atoms with Gasteiger partial charge in [-0.25, -0.2) is 21.6 Å². The summed E-state index contributed by atoms with van der Waals surface area (Å²) in [6.07, 6.45) is 1.07. The number of benzene rings is 1. The largest absolute Gasteiger partial charge is 0.399 e. The number of nitrogens with one attached hydrogen (secondary N) is 1. The van der Waals surface area contributed by atoms with Crippen molar-refractivity contribution < 1.29 is 16.8 Å². The van der Waals surface area contributed by atoms with Gasteiger partial charge in [-0.05, 0) is 38.1 Å². The summed E-state index contributed by atoms with van der Waals surface area (Å²) in [5.74, 6) is 0. The van der Waals surface area contributed by atoms with Crippen molar-refractivity contribution in [1.29, 1.82) is 0 Å². The summed E-state index contributed by atoms with van der Waals surface area (Å²) >= 11 is 0. The van der Waals surface area contributed by atoms with Gasteiger partial charge in [0.05, 0.1) is 9.64 Å². The van der Waals surface area contributed by atoms with Crippen LogP contribution in [0.2, 0.25) is 0 Å². The highest BCUT2D eigenvalue weighted by molar-refractivity contribution is 7.92. The van der Waals surface area contributed by atoms with E-state index < -0.39 is 24.6 Å². The van der Waals surface area contributed by atoms with E-state index in [4.69, 9.17) is 5.73 Å². The Kier molecular flexibility index (Phi) is 4.28. The Hall–Kier alpha value is -1.12. The van der Waals surface area contributed by atoms with Gasteiger partial charge in [-0.15, -0.1) is 0 Å². The number of hydrogen-bond donors (Lipinski definition) is 2. The second kappa shape index (κ2) is 5.10. The predicted molar refractivity (Wildman–Crippen MR) is 75.0 cm³/mol. The van der Waals surface area contributed by atoms with Crippen molar-refractivity contribution in [2.75, 3.05) is 18.5 Å². The summed E-state index contributed by atoms with van der Waals surface area (Å²) in [7, 11) is -7.10. The van der Waals surface area contributed by atoms with Crippen LogP contribution in [0.1, 0.15) is 13.8 Å². The van der Waals surface area contributed by atoms with E-state index in [2.05, 4.69) is 4.72 Å². The summed E-state index contributed by atoms with van der Waals surface area (Å²) in [6.45, 7) is 2.74. The molecule has 19 heavy (non-hydrogen) atoms. The average molecular weight is 306 g/mol. The first-order chi connectivity index (χ1) is 8.46. The van der Waals surface area contributed by atoms with Gasteiger partial charge in [0.1, 0.15) is 0 Å². The normalized spacial score (nSPS) is 13.4. The number of nitrogens with two attached hydrogens (primary N) is 1. The Morgan fingerprint density at radius 1 is 1.11 bits per heavy atom. The number of sulfonamides is 1. The summed E-state index contributed by atoms with van der Waals surface area (Å²) < 4.78 is 48.1. The molecule has 0 aliphatic rings. The number of nitrogen functional groups attached to an aromatic ring is 1. The predicted octanol–water partition coefficient (Wildman–Crippen LogP) is 0.370. The molecule has 0 saturated carbocycles.